The molecule has 1 aromatic carbocycles. The SMILES string of the molecule is CN(Cc1ccccc1O)C(=O)C1(CN)CCCCCC1. The Morgan fingerprint density at radius 3 is 2.43 bits per heavy atom. The first-order valence-electron chi connectivity index (χ1n) is 7.81. The molecule has 1 saturated carbocycles. The lowest BCUT2D eigenvalue weighted by molar-refractivity contribution is -0.141. The smallest absolute Gasteiger partial charge is 0.230 e. The van der Waals surface area contributed by atoms with Crippen LogP contribution in [-0.2, 0) is 11.3 Å². The zero-order valence-corrected chi connectivity index (χ0v) is 12.8. The Bertz CT molecular complexity index is 479. The summed E-state index contributed by atoms with van der Waals surface area (Å²) in [6.07, 6.45) is 6.30. The number of amides is 1. The number of para-hydroxylation sites is 1. The third-order valence-corrected chi connectivity index (χ3v) is 4.65. The number of hydrogen-bond donors (Lipinski definition) is 2. The molecule has 0 atom stereocenters. The van der Waals surface area contributed by atoms with Crippen LogP contribution in [0.2, 0.25) is 0 Å². The molecule has 4 nitrogen and oxygen atoms in total. The van der Waals surface area contributed by atoms with Crippen LogP contribution in [0.3, 0.4) is 0 Å². The maximum Gasteiger partial charge on any atom is 0.230 e. The molecule has 1 aliphatic carbocycles. The summed E-state index contributed by atoms with van der Waals surface area (Å²) in [6.45, 7) is 0.838. The zero-order chi connectivity index (χ0) is 15.3. The van der Waals surface area contributed by atoms with Gasteiger partial charge in [-0.15, -0.1) is 0 Å². The van der Waals surface area contributed by atoms with Crippen LogP contribution in [0, 0.1) is 5.41 Å². The van der Waals surface area contributed by atoms with Crippen LogP contribution in [0.15, 0.2) is 24.3 Å². The van der Waals surface area contributed by atoms with E-state index in [0.717, 1.165) is 31.2 Å². The van der Waals surface area contributed by atoms with Gasteiger partial charge in [-0.2, -0.15) is 0 Å². The van der Waals surface area contributed by atoms with E-state index < -0.39 is 5.41 Å². The van der Waals surface area contributed by atoms with E-state index in [9.17, 15) is 9.90 Å². The van der Waals surface area contributed by atoms with Crippen LogP contribution in [0.4, 0.5) is 0 Å². The van der Waals surface area contributed by atoms with E-state index in [1.807, 2.05) is 12.1 Å². The monoisotopic (exact) mass is 290 g/mol. The van der Waals surface area contributed by atoms with Gasteiger partial charge >= 0.3 is 0 Å². The molecule has 1 fully saturated rings. The first-order chi connectivity index (χ1) is 10.1. The zero-order valence-electron chi connectivity index (χ0n) is 12.8. The van der Waals surface area contributed by atoms with Gasteiger partial charge in [-0.1, -0.05) is 43.9 Å². The number of benzene rings is 1. The topological polar surface area (TPSA) is 66.6 Å². The van der Waals surface area contributed by atoms with Gasteiger partial charge in [0, 0.05) is 25.7 Å². The minimum atomic E-state index is -0.407. The van der Waals surface area contributed by atoms with E-state index in [1.165, 1.54) is 12.8 Å². The van der Waals surface area contributed by atoms with Gasteiger partial charge in [0.05, 0.1) is 5.41 Å². The molecule has 0 unspecified atom stereocenters. The molecule has 1 aromatic rings. The van der Waals surface area contributed by atoms with Crippen molar-refractivity contribution in [3.8, 4) is 5.75 Å². The van der Waals surface area contributed by atoms with Crippen molar-refractivity contribution >= 4 is 5.91 Å². The van der Waals surface area contributed by atoms with Crippen LogP contribution in [0.25, 0.3) is 0 Å². The van der Waals surface area contributed by atoms with Crippen molar-refractivity contribution in [1.82, 2.24) is 4.90 Å². The van der Waals surface area contributed by atoms with E-state index in [1.54, 1.807) is 24.1 Å². The van der Waals surface area contributed by atoms with Crippen molar-refractivity contribution in [2.24, 2.45) is 11.1 Å². The maximum absolute atomic E-state index is 12.9. The minimum Gasteiger partial charge on any atom is -0.508 e. The second-order valence-corrected chi connectivity index (χ2v) is 6.19. The number of nitrogens with zero attached hydrogens (tertiary/aromatic N) is 1. The second-order valence-electron chi connectivity index (χ2n) is 6.19. The fourth-order valence-electron chi connectivity index (χ4n) is 3.29. The van der Waals surface area contributed by atoms with E-state index in [-0.39, 0.29) is 11.7 Å². The van der Waals surface area contributed by atoms with E-state index in [0.29, 0.717) is 13.1 Å². The number of hydrogen-bond acceptors (Lipinski definition) is 3. The third-order valence-electron chi connectivity index (χ3n) is 4.65. The van der Waals surface area contributed by atoms with Gasteiger partial charge in [-0.3, -0.25) is 4.79 Å². The van der Waals surface area contributed by atoms with Gasteiger partial charge in [0.15, 0.2) is 0 Å². The van der Waals surface area contributed by atoms with Crippen molar-refractivity contribution in [2.45, 2.75) is 45.1 Å². The van der Waals surface area contributed by atoms with Crippen LogP contribution in [0.1, 0.15) is 44.1 Å². The molecular weight excluding hydrogens is 264 g/mol. The molecule has 1 amide bonds. The predicted octanol–water partition coefficient (Wildman–Crippen LogP) is 2.65. The Hall–Kier alpha value is -1.55. The van der Waals surface area contributed by atoms with Crippen LogP contribution in [0.5, 0.6) is 5.75 Å². The fourth-order valence-corrected chi connectivity index (χ4v) is 3.29. The molecule has 0 bridgehead atoms. The Kier molecular flexibility index (Phi) is 5.23. The molecule has 0 spiro atoms. The lowest BCUT2D eigenvalue weighted by Crippen LogP contribution is -2.46. The normalized spacial score (nSPS) is 18.0. The third kappa shape index (κ3) is 3.56. The average molecular weight is 290 g/mol. The lowest BCUT2D eigenvalue weighted by atomic mass is 9.79. The summed E-state index contributed by atoms with van der Waals surface area (Å²) in [4.78, 5) is 14.6. The van der Waals surface area contributed by atoms with Crippen molar-refractivity contribution in [1.29, 1.82) is 0 Å². The summed E-state index contributed by atoms with van der Waals surface area (Å²) in [5.74, 6) is 0.356. The van der Waals surface area contributed by atoms with Crippen LogP contribution in [-0.4, -0.2) is 29.5 Å². The van der Waals surface area contributed by atoms with Gasteiger partial charge in [0.25, 0.3) is 0 Å². The molecule has 3 N–H and O–H groups in total. The van der Waals surface area contributed by atoms with Crippen molar-refractivity contribution in [3.05, 3.63) is 29.8 Å². The first-order valence-corrected chi connectivity index (χ1v) is 7.81. The molecule has 116 valence electrons. The molecule has 1 aliphatic rings. The Balaban J connectivity index is 2.11. The Morgan fingerprint density at radius 1 is 1.24 bits per heavy atom. The molecule has 0 radical (unpaired) electrons. The van der Waals surface area contributed by atoms with Gasteiger partial charge in [0.1, 0.15) is 5.75 Å². The summed E-state index contributed by atoms with van der Waals surface area (Å²) < 4.78 is 0. The van der Waals surface area contributed by atoms with E-state index in [2.05, 4.69) is 0 Å². The average Bonchev–Trinajstić information content (AvgIpc) is 2.75. The molecule has 0 saturated heterocycles. The van der Waals surface area contributed by atoms with Crippen molar-refractivity contribution in [3.63, 3.8) is 0 Å². The molecule has 0 aliphatic heterocycles. The number of carbonyl (C=O) groups excluding carboxylic acids is 1. The van der Waals surface area contributed by atoms with Crippen molar-refractivity contribution < 1.29 is 9.90 Å². The second kappa shape index (κ2) is 6.94. The highest BCUT2D eigenvalue weighted by Gasteiger charge is 2.39. The van der Waals surface area contributed by atoms with Crippen molar-refractivity contribution in [2.75, 3.05) is 13.6 Å². The summed E-state index contributed by atoms with van der Waals surface area (Å²) >= 11 is 0. The fraction of sp³-hybridized carbons (Fsp3) is 0.588. The summed E-state index contributed by atoms with van der Waals surface area (Å²) in [6, 6.07) is 7.16. The highest BCUT2D eigenvalue weighted by molar-refractivity contribution is 5.83. The van der Waals surface area contributed by atoms with Crippen LogP contribution < -0.4 is 5.73 Å². The highest BCUT2D eigenvalue weighted by Crippen LogP contribution is 2.36. The predicted molar refractivity (Wildman–Crippen MR) is 83.8 cm³/mol. The van der Waals surface area contributed by atoms with Gasteiger partial charge in [-0.25, -0.2) is 0 Å². The van der Waals surface area contributed by atoms with Gasteiger partial charge < -0.3 is 15.7 Å². The number of phenolic OH excluding ortho intramolecular Hbond substituents is 1. The van der Waals surface area contributed by atoms with Gasteiger partial charge in [0.2, 0.25) is 5.91 Å². The molecule has 4 heteroatoms. The number of aromatic hydroxyl groups is 1. The quantitative estimate of drug-likeness (QED) is 0.838. The Labute approximate surface area is 126 Å². The van der Waals surface area contributed by atoms with Gasteiger partial charge in [-0.05, 0) is 18.9 Å². The van der Waals surface area contributed by atoms with E-state index in [4.69, 9.17) is 5.73 Å². The first kappa shape index (κ1) is 15.8. The number of phenols is 1. The Morgan fingerprint density at radius 2 is 1.86 bits per heavy atom. The summed E-state index contributed by atoms with van der Waals surface area (Å²) in [5, 5.41) is 9.86. The molecular formula is C17H26N2O2. The molecule has 0 heterocycles. The number of carbonyl (C=O) groups is 1. The summed E-state index contributed by atoms with van der Waals surface area (Å²) in [5.41, 5.74) is 6.34. The standard InChI is InChI=1S/C17H26N2O2/c1-19(12-14-8-4-5-9-15(14)20)16(21)17(13-18)10-6-2-3-7-11-17/h4-5,8-9,20H,2-3,6-7,10-13,18H2,1H3. The summed E-state index contributed by atoms with van der Waals surface area (Å²) in [7, 11) is 1.80. The minimum absolute atomic E-state index is 0.121. The molecule has 2 rings (SSSR count). The maximum atomic E-state index is 12.9. The lowest BCUT2D eigenvalue weighted by Gasteiger charge is -2.34. The van der Waals surface area contributed by atoms with Crippen LogP contribution >= 0.6 is 0 Å². The molecule has 21 heavy (non-hydrogen) atoms. The largest absolute Gasteiger partial charge is 0.508 e. The molecule has 0 aromatic heterocycles. The van der Waals surface area contributed by atoms with E-state index >= 15 is 0 Å². The number of rotatable bonds is 4. The highest BCUT2D eigenvalue weighted by atomic mass is 16.3. The number of nitrogens with two attached hydrogens (primary N) is 1.